The van der Waals surface area contributed by atoms with Crippen molar-refractivity contribution in [2.24, 2.45) is 0 Å². The molecular weight excluding hydrogens is 711 g/mol. The SMILES string of the molecule is c1ccc(-c2ccc(-c3ccc(N(c4ccc(-c5ccccc5)cc4-c4ccccc4)c4ccccc4-c4cccc5cccc(C6CCCCC6)c45)cc3)cc2)cc1. The Bertz CT molecular complexity index is 2810. The average Bonchev–Trinajstić information content (AvgIpc) is 3.33. The summed E-state index contributed by atoms with van der Waals surface area (Å²) in [5, 5.41) is 2.71. The highest BCUT2D eigenvalue weighted by Gasteiger charge is 2.24. The first kappa shape index (κ1) is 36.4. The Hall–Kier alpha value is -6.96. The fraction of sp³-hybridized carbons (Fsp3) is 0.103. The van der Waals surface area contributed by atoms with E-state index < -0.39 is 0 Å². The van der Waals surface area contributed by atoms with Gasteiger partial charge in [-0.25, -0.2) is 0 Å². The van der Waals surface area contributed by atoms with Gasteiger partial charge in [0.2, 0.25) is 0 Å². The van der Waals surface area contributed by atoms with Crippen LogP contribution in [-0.2, 0) is 0 Å². The summed E-state index contributed by atoms with van der Waals surface area (Å²) in [6.45, 7) is 0. The Morgan fingerprint density at radius 2 is 0.797 bits per heavy atom. The van der Waals surface area contributed by atoms with Crippen molar-refractivity contribution in [2.75, 3.05) is 4.90 Å². The predicted octanol–water partition coefficient (Wildman–Crippen LogP) is 16.7. The zero-order chi connectivity index (χ0) is 39.4. The van der Waals surface area contributed by atoms with Crippen molar-refractivity contribution in [1.29, 1.82) is 0 Å². The van der Waals surface area contributed by atoms with Gasteiger partial charge >= 0.3 is 0 Å². The molecule has 1 aliphatic rings. The molecule has 0 bridgehead atoms. The van der Waals surface area contributed by atoms with Crippen molar-refractivity contribution in [2.45, 2.75) is 38.0 Å². The molecule has 0 aliphatic heterocycles. The van der Waals surface area contributed by atoms with E-state index in [0.717, 1.165) is 17.1 Å². The fourth-order valence-corrected chi connectivity index (χ4v) is 9.33. The maximum atomic E-state index is 2.50. The molecule has 1 saturated carbocycles. The lowest BCUT2D eigenvalue weighted by atomic mass is 9.80. The van der Waals surface area contributed by atoms with Crippen molar-refractivity contribution < 1.29 is 0 Å². The van der Waals surface area contributed by atoms with Crippen molar-refractivity contribution in [3.63, 3.8) is 0 Å². The summed E-state index contributed by atoms with van der Waals surface area (Å²) in [6, 6.07) is 80.2. The second-order valence-corrected chi connectivity index (χ2v) is 15.9. The van der Waals surface area contributed by atoms with E-state index in [1.807, 2.05) is 0 Å². The molecule has 9 aromatic carbocycles. The zero-order valence-corrected chi connectivity index (χ0v) is 33.3. The van der Waals surface area contributed by atoms with Crippen LogP contribution in [-0.4, -0.2) is 0 Å². The molecule has 1 heteroatoms. The molecule has 10 rings (SSSR count). The van der Waals surface area contributed by atoms with Gasteiger partial charge in [0.05, 0.1) is 11.4 Å². The van der Waals surface area contributed by atoms with Gasteiger partial charge in [0, 0.05) is 16.8 Å². The zero-order valence-electron chi connectivity index (χ0n) is 33.3. The summed E-state index contributed by atoms with van der Waals surface area (Å²) in [5.74, 6) is 0.585. The van der Waals surface area contributed by atoms with Crippen LogP contribution in [0, 0.1) is 0 Å². The summed E-state index contributed by atoms with van der Waals surface area (Å²) < 4.78 is 0. The number of rotatable bonds is 9. The quantitative estimate of drug-likeness (QED) is 0.142. The minimum absolute atomic E-state index is 0.585. The molecule has 284 valence electrons. The standard InChI is InChI=1S/C58H47N/c1-5-17-42(18-6-1)44-31-33-45(34-32-44)46-35-38-51(39-36-46)59(57-40-37-50(43-19-7-2-8-20-43)41-55(57)48-23-11-4-12-24-48)56-30-14-13-27-53(56)54-29-16-26-49-25-15-28-52(58(49)54)47-21-9-3-10-22-47/h1-2,4-8,11-20,23-41,47H,3,9-10,21-22H2. The summed E-state index contributed by atoms with van der Waals surface area (Å²) in [7, 11) is 0. The molecular formula is C58H47N. The molecule has 0 aromatic heterocycles. The van der Waals surface area contributed by atoms with Crippen LogP contribution >= 0.6 is 0 Å². The van der Waals surface area contributed by atoms with Crippen LogP contribution in [0.5, 0.6) is 0 Å². The molecule has 0 heterocycles. The first-order valence-corrected chi connectivity index (χ1v) is 21.2. The molecule has 0 atom stereocenters. The molecule has 0 amide bonds. The summed E-state index contributed by atoms with van der Waals surface area (Å²) in [6.07, 6.45) is 6.48. The fourth-order valence-electron chi connectivity index (χ4n) is 9.33. The molecule has 1 nitrogen and oxygen atoms in total. The van der Waals surface area contributed by atoms with E-state index in [2.05, 4.69) is 223 Å². The van der Waals surface area contributed by atoms with Gasteiger partial charge in [0.25, 0.3) is 0 Å². The van der Waals surface area contributed by atoms with Gasteiger partial charge in [-0.3, -0.25) is 0 Å². The number of hydrogen-bond acceptors (Lipinski definition) is 1. The molecule has 9 aromatic rings. The van der Waals surface area contributed by atoms with E-state index in [1.54, 1.807) is 0 Å². The van der Waals surface area contributed by atoms with Crippen molar-refractivity contribution in [3.05, 3.63) is 224 Å². The van der Waals surface area contributed by atoms with E-state index in [0.29, 0.717) is 5.92 Å². The Balaban J connectivity index is 1.16. The molecule has 1 fully saturated rings. The van der Waals surface area contributed by atoms with E-state index in [1.165, 1.54) is 104 Å². The summed E-state index contributed by atoms with van der Waals surface area (Å²) in [4.78, 5) is 2.50. The van der Waals surface area contributed by atoms with Gasteiger partial charge in [-0.15, -0.1) is 0 Å². The number of benzene rings is 9. The van der Waals surface area contributed by atoms with Crippen molar-refractivity contribution >= 4 is 27.8 Å². The number of para-hydroxylation sites is 1. The van der Waals surface area contributed by atoms with Gasteiger partial charge in [-0.2, -0.15) is 0 Å². The van der Waals surface area contributed by atoms with Crippen LogP contribution < -0.4 is 4.90 Å². The Kier molecular flexibility index (Phi) is 10.2. The van der Waals surface area contributed by atoms with E-state index >= 15 is 0 Å². The number of anilines is 3. The normalized spacial score (nSPS) is 13.0. The third-order valence-corrected chi connectivity index (χ3v) is 12.3. The van der Waals surface area contributed by atoms with E-state index in [4.69, 9.17) is 0 Å². The lowest BCUT2D eigenvalue weighted by molar-refractivity contribution is 0.445. The second-order valence-electron chi connectivity index (χ2n) is 15.9. The molecule has 1 aliphatic carbocycles. The van der Waals surface area contributed by atoms with Gasteiger partial charge in [0.1, 0.15) is 0 Å². The Morgan fingerprint density at radius 1 is 0.322 bits per heavy atom. The highest BCUT2D eigenvalue weighted by molar-refractivity contribution is 6.04. The number of fused-ring (bicyclic) bond motifs is 1. The predicted molar refractivity (Wildman–Crippen MR) is 252 cm³/mol. The average molecular weight is 758 g/mol. The highest BCUT2D eigenvalue weighted by Crippen LogP contribution is 2.48. The lowest BCUT2D eigenvalue weighted by Crippen LogP contribution is -2.13. The number of hydrogen-bond donors (Lipinski definition) is 0. The van der Waals surface area contributed by atoms with Crippen LogP contribution in [0.15, 0.2) is 218 Å². The largest absolute Gasteiger partial charge is 0.309 e. The Labute approximate surface area is 348 Å². The first-order chi connectivity index (χ1) is 29.3. The number of nitrogens with zero attached hydrogens (tertiary/aromatic N) is 1. The van der Waals surface area contributed by atoms with Crippen LogP contribution in [0.25, 0.3) is 66.4 Å². The maximum Gasteiger partial charge on any atom is 0.0540 e. The molecule has 0 saturated heterocycles. The third-order valence-electron chi connectivity index (χ3n) is 12.3. The maximum absolute atomic E-state index is 2.50. The van der Waals surface area contributed by atoms with Crippen LogP contribution in [0.3, 0.4) is 0 Å². The van der Waals surface area contributed by atoms with Gasteiger partial charge < -0.3 is 4.90 Å². The monoisotopic (exact) mass is 757 g/mol. The molecule has 0 unspecified atom stereocenters. The lowest BCUT2D eigenvalue weighted by Gasteiger charge is -2.31. The highest BCUT2D eigenvalue weighted by atomic mass is 15.1. The third kappa shape index (κ3) is 7.37. The molecule has 59 heavy (non-hydrogen) atoms. The van der Waals surface area contributed by atoms with E-state index in [-0.39, 0.29) is 0 Å². The Morgan fingerprint density at radius 3 is 1.44 bits per heavy atom. The molecule has 0 spiro atoms. The van der Waals surface area contributed by atoms with E-state index in [9.17, 15) is 0 Å². The smallest absolute Gasteiger partial charge is 0.0540 e. The van der Waals surface area contributed by atoms with Gasteiger partial charge in [0.15, 0.2) is 0 Å². The second kappa shape index (κ2) is 16.5. The molecule has 0 N–H and O–H groups in total. The van der Waals surface area contributed by atoms with Crippen LogP contribution in [0.2, 0.25) is 0 Å². The minimum Gasteiger partial charge on any atom is -0.309 e. The first-order valence-electron chi connectivity index (χ1n) is 21.2. The summed E-state index contributed by atoms with van der Waals surface area (Å²) in [5.41, 5.74) is 17.0. The van der Waals surface area contributed by atoms with Gasteiger partial charge in [-0.1, -0.05) is 207 Å². The topological polar surface area (TPSA) is 3.24 Å². The van der Waals surface area contributed by atoms with Gasteiger partial charge in [-0.05, 0) is 110 Å². The summed E-state index contributed by atoms with van der Waals surface area (Å²) >= 11 is 0. The van der Waals surface area contributed by atoms with Crippen molar-refractivity contribution in [1.82, 2.24) is 0 Å². The van der Waals surface area contributed by atoms with Crippen molar-refractivity contribution in [3.8, 4) is 55.6 Å². The minimum atomic E-state index is 0.585. The molecule has 0 radical (unpaired) electrons. The van der Waals surface area contributed by atoms with Crippen LogP contribution in [0.4, 0.5) is 17.1 Å². The van der Waals surface area contributed by atoms with Crippen LogP contribution in [0.1, 0.15) is 43.6 Å².